The van der Waals surface area contributed by atoms with Crippen molar-refractivity contribution in [3.05, 3.63) is 41.7 Å². The number of carbonyl (C=O) groups is 1. The lowest BCUT2D eigenvalue weighted by molar-refractivity contribution is -0.131. The number of benzene rings is 1. The molecule has 142 valence electrons. The SMILES string of the molecule is CCCn1c(Cc2ccccc2)nnc1SCC(=O)N(C(C)C)C(C)C. The fraction of sp³-hybridized carbons (Fsp3) is 0.550. The highest BCUT2D eigenvalue weighted by Gasteiger charge is 2.21. The van der Waals surface area contributed by atoms with Crippen LogP contribution in [0.25, 0.3) is 0 Å². The van der Waals surface area contributed by atoms with E-state index in [1.54, 1.807) is 0 Å². The summed E-state index contributed by atoms with van der Waals surface area (Å²) in [6, 6.07) is 10.7. The summed E-state index contributed by atoms with van der Waals surface area (Å²) in [4.78, 5) is 14.5. The van der Waals surface area contributed by atoms with Gasteiger partial charge in [0.2, 0.25) is 5.91 Å². The number of nitrogens with zero attached hydrogens (tertiary/aromatic N) is 4. The molecule has 1 heterocycles. The van der Waals surface area contributed by atoms with Crippen LogP contribution in [-0.4, -0.2) is 43.4 Å². The quantitative estimate of drug-likeness (QED) is 0.622. The third kappa shape index (κ3) is 5.34. The van der Waals surface area contributed by atoms with Crippen molar-refractivity contribution in [2.75, 3.05) is 5.75 Å². The van der Waals surface area contributed by atoms with E-state index in [0.717, 1.165) is 30.4 Å². The summed E-state index contributed by atoms with van der Waals surface area (Å²) < 4.78 is 2.15. The minimum atomic E-state index is 0.149. The van der Waals surface area contributed by atoms with E-state index in [1.807, 2.05) is 23.1 Å². The summed E-state index contributed by atoms with van der Waals surface area (Å²) >= 11 is 1.49. The molecule has 0 fully saturated rings. The highest BCUT2D eigenvalue weighted by Crippen LogP contribution is 2.21. The Bertz CT molecular complexity index is 689. The molecule has 2 aromatic rings. The summed E-state index contributed by atoms with van der Waals surface area (Å²) in [6.07, 6.45) is 1.76. The molecule has 0 aliphatic rings. The smallest absolute Gasteiger partial charge is 0.233 e. The predicted molar refractivity (Wildman–Crippen MR) is 107 cm³/mol. The van der Waals surface area contributed by atoms with Gasteiger partial charge in [-0.2, -0.15) is 0 Å². The van der Waals surface area contributed by atoms with Gasteiger partial charge < -0.3 is 9.47 Å². The van der Waals surface area contributed by atoms with Crippen LogP contribution < -0.4 is 0 Å². The van der Waals surface area contributed by atoms with E-state index in [0.29, 0.717) is 5.75 Å². The van der Waals surface area contributed by atoms with E-state index < -0.39 is 0 Å². The van der Waals surface area contributed by atoms with Crippen molar-refractivity contribution in [2.24, 2.45) is 0 Å². The van der Waals surface area contributed by atoms with Gasteiger partial charge in [-0.25, -0.2) is 0 Å². The molecule has 2 rings (SSSR count). The summed E-state index contributed by atoms with van der Waals surface area (Å²) in [5.41, 5.74) is 1.22. The molecule has 5 nitrogen and oxygen atoms in total. The van der Waals surface area contributed by atoms with Crippen LogP contribution in [0.3, 0.4) is 0 Å². The Morgan fingerprint density at radius 1 is 1.12 bits per heavy atom. The molecule has 0 saturated carbocycles. The van der Waals surface area contributed by atoms with E-state index in [9.17, 15) is 4.79 Å². The first kappa shape index (κ1) is 20.5. The lowest BCUT2D eigenvalue weighted by Crippen LogP contribution is -2.43. The van der Waals surface area contributed by atoms with Crippen LogP contribution in [0.5, 0.6) is 0 Å². The fourth-order valence-corrected chi connectivity index (χ4v) is 4.01. The Balaban J connectivity index is 2.10. The van der Waals surface area contributed by atoms with Gasteiger partial charge in [0.1, 0.15) is 5.82 Å². The molecule has 0 atom stereocenters. The summed E-state index contributed by atoms with van der Waals surface area (Å²) in [7, 11) is 0. The average Bonchev–Trinajstić information content (AvgIpc) is 2.95. The fourth-order valence-electron chi connectivity index (χ4n) is 3.16. The molecule has 0 radical (unpaired) electrons. The Labute approximate surface area is 161 Å². The second-order valence-corrected chi connectivity index (χ2v) is 7.93. The molecule has 0 saturated heterocycles. The lowest BCUT2D eigenvalue weighted by Gasteiger charge is -2.30. The van der Waals surface area contributed by atoms with Crippen molar-refractivity contribution in [3.63, 3.8) is 0 Å². The minimum Gasteiger partial charge on any atom is -0.337 e. The first-order valence-corrected chi connectivity index (χ1v) is 10.3. The van der Waals surface area contributed by atoms with Crippen molar-refractivity contribution >= 4 is 17.7 Å². The van der Waals surface area contributed by atoms with Gasteiger partial charge in [-0.05, 0) is 39.7 Å². The summed E-state index contributed by atoms with van der Waals surface area (Å²) in [5.74, 6) is 1.50. The summed E-state index contributed by atoms with van der Waals surface area (Å²) in [6.45, 7) is 11.2. The molecular weight excluding hydrogens is 344 g/mol. The number of carbonyl (C=O) groups excluding carboxylic acids is 1. The van der Waals surface area contributed by atoms with Crippen LogP contribution in [0, 0.1) is 0 Å². The van der Waals surface area contributed by atoms with E-state index in [4.69, 9.17) is 0 Å². The highest BCUT2D eigenvalue weighted by molar-refractivity contribution is 7.99. The molecule has 1 amide bonds. The van der Waals surface area contributed by atoms with Crippen LogP contribution in [0.4, 0.5) is 0 Å². The molecule has 6 heteroatoms. The molecule has 1 aromatic heterocycles. The van der Waals surface area contributed by atoms with E-state index in [1.165, 1.54) is 17.3 Å². The topological polar surface area (TPSA) is 51.0 Å². The zero-order chi connectivity index (χ0) is 19.1. The number of thioether (sulfide) groups is 1. The maximum absolute atomic E-state index is 12.6. The molecule has 0 spiro atoms. The first-order chi connectivity index (χ1) is 12.4. The van der Waals surface area contributed by atoms with Crippen LogP contribution in [-0.2, 0) is 17.8 Å². The maximum atomic E-state index is 12.6. The molecule has 0 aliphatic carbocycles. The second kappa shape index (κ2) is 9.76. The monoisotopic (exact) mass is 374 g/mol. The largest absolute Gasteiger partial charge is 0.337 e. The number of hydrogen-bond acceptors (Lipinski definition) is 4. The normalized spacial score (nSPS) is 11.3. The maximum Gasteiger partial charge on any atom is 0.233 e. The third-order valence-electron chi connectivity index (χ3n) is 4.17. The zero-order valence-corrected chi connectivity index (χ0v) is 17.3. The van der Waals surface area contributed by atoms with Crippen LogP contribution in [0.1, 0.15) is 52.4 Å². The average molecular weight is 375 g/mol. The minimum absolute atomic E-state index is 0.149. The number of hydrogen-bond donors (Lipinski definition) is 0. The molecule has 0 unspecified atom stereocenters. The standard InChI is InChI=1S/C20H30N4OS/c1-6-12-23-18(13-17-10-8-7-9-11-17)21-22-20(23)26-14-19(25)24(15(2)3)16(4)5/h7-11,15-16H,6,12-14H2,1-5H3. The van der Waals surface area contributed by atoms with Gasteiger partial charge in [-0.3, -0.25) is 4.79 Å². The lowest BCUT2D eigenvalue weighted by atomic mass is 10.1. The van der Waals surface area contributed by atoms with Crippen LogP contribution in [0.2, 0.25) is 0 Å². The predicted octanol–water partition coefficient (Wildman–Crippen LogP) is 4.02. The van der Waals surface area contributed by atoms with Gasteiger partial charge >= 0.3 is 0 Å². The first-order valence-electron chi connectivity index (χ1n) is 9.34. The molecule has 0 N–H and O–H groups in total. The summed E-state index contributed by atoms with van der Waals surface area (Å²) in [5, 5.41) is 9.58. The van der Waals surface area contributed by atoms with Gasteiger partial charge in [-0.15, -0.1) is 10.2 Å². The Hall–Kier alpha value is -1.82. The Morgan fingerprint density at radius 2 is 1.77 bits per heavy atom. The highest BCUT2D eigenvalue weighted by atomic mass is 32.2. The molecule has 26 heavy (non-hydrogen) atoms. The van der Waals surface area contributed by atoms with Crippen molar-refractivity contribution in [1.82, 2.24) is 19.7 Å². The number of rotatable bonds is 9. The van der Waals surface area contributed by atoms with Gasteiger partial charge in [0.15, 0.2) is 5.16 Å². The van der Waals surface area contributed by atoms with Gasteiger partial charge in [0.25, 0.3) is 0 Å². The van der Waals surface area contributed by atoms with Gasteiger partial charge in [0, 0.05) is 25.0 Å². The third-order valence-corrected chi connectivity index (χ3v) is 5.12. The van der Waals surface area contributed by atoms with E-state index in [-0.39, 0.29) is 18.0 Å². The number of aromatic nitrogens is 3. The molecule has 1 aromatic carbocycles. The number of amides is 1. The van der Waals surface area contributed by atoms with Crippen molar-refractivity contribution in [2.45, 2.75) is 71.2 Å². The Morgan fingerprint density at radius 3 is 2.35 bits per heavy atom. The molecule has 0 bridgehead atoms. The van der Waals surface area contributed by atoms with Crippen LogP contribution in [0.15, 0.2) is 35.5 Å². The molecule has 0 aliphatic heterocycles. The van der Waals surface area contributed by atoms with Crippen molar-refractivity contribution < 1.29 is 4.79 Å². The van der Waals surface area contributed by atoms with Crippen molar-refractivity contribution in [3.8, 4) is 0 Å². The molecular formula is C20H30N4OS. The van der Waals surface area contributed by atoms with E-state index in [2.05, 4.69) is 61.5 Å². The van der Waals surface area contributed by atoms with Gasteiger partial charge in [-0.1, -0.05) is 49.0 Å². The van der Waals surface area contributed by atoms with Crippen molar-refractivity contribution in [1.29, 1.82) is 0 Å². The zero-order valence-electron chi connectivity index (χ0n) is 16.5. The Kier molecular flexibility index (Phi) is 7.69. The van der Waals surface area contributed by atoms with E-state index >= 15 is 0 Å². The van der Waals surface area contributed by atoms with Gasteiger partial charge in [0.05, 0.1) is 5.75 Å². The second-order valence-electron chi connectivity index (χ2n) is 6.99. The van der Waals surface area contributed by atoms with Crippen LogP contribution >= 0.6 is 11.8 Å².